The maximum atomic E-state index is 7.36. The standard InChI is InChI=1S/C14H14N3/c15-14(16)12-7-4-8-13(9-12)17-10-11-5-2-1-3-6-11/h1-7,9,17H,10H2,(H3,15,16). The van der Waals surface area contributed by atoms with E-state index < -0.39 is 0 Å². The van der Waals surface area contributed by atoms with E-state index >= 15 is 0 Å². The van der Waals surface area contributed by atoms with Crippen LogP contribution < -0.4 is 11.1 Å². The summed E-state index contributed by atoms with van der Waals surface area (Å²) < 4.78 is 0. The third-order valence-electron chi connectivity index (χ3n) is 2.44. The van der Waals surface area contributed by atoms with Crippen molar-refractivity contribution >= 4 is 11.5 Å². The second-order valence-corrected chi connectivity index (χ2v) is 3.74. The molecule has 4 N–H and O–H groups in total. The van der Waals surface area contributed by atoms with Gasteiger partial charge in [-0.3, -0.25) is 5.41 Å². The molecule has 2 aromatic rings. The summed E-state index contributed by atoms with van der Waals surface area (Å²) in [5.41, 5.74) is 8.19. The lowest BCUT2D eigenvalue weighted by Crippen LogP contribution is -2.11. The fourth-order valence-corrected chi connectivity index (χ4v) is 1.53. The Hall–Kier alpha value is -2.29. The highest BCUT2D eigenvalue weighted by molar-refractivity contribution is 5.95. The molecule has 0 fully saturated rings. The Bertz CT molecular complexity index is 506. The summed E-state index contributed by atoms with van der Waals surface area (Å²) in [6.45, 7) is 0.735. The van der Waals surface area contributed by atoms with Crippen LogP contribution in [-0.4, -0.2) is 5.84 Å². The number of rotatable bonds is 4. The SMILES string of the molecule is N=C(N)c1cc[c]c(NCc2ccccc2)c1. The first-order chi connectivity index (χ1) is 8.25. The van der Waals surface area contributed by atoms with Gasteiger partial charge in [-0.15, -0.1) is 0 Å². The van der Waals surface area contributed by atoms with Gasteiger partial charge in [0.1, 0.15) is 5.84 Å². The van der Waals surface area contributed by atoms with Crippen LogP contribution in [0.4, 0.5) is 5.69 Å². The quantitative estimate of drug-likeness (QED) is 0.551. The third kappa shape index (κ3) is 3.08. The number of amidine groups is 1. The minimum atomic E-state index is 0.0711. The molecule has 0 amide bonds. The zero-order chi connectivity index (χ0) is 12.1. The fraction of sp³-hybridized carbons (Fsp3) is 0.0714. The Kier molecular flexibility index (Phi) is 3.40. The van der Waals surface area contributed by atoms with Gasteiger partial charge >= 0.3 is 0 Å². The zero-order valence-electron chi connectivity index (χ0n) is 9.40. The first kappa shape index (κ1) is 11.2. The lowest BCUT2D eigenvalue weighted by Gasteiger charge is -2.07. The van der Waals surface area contributed by atoms with E-state index in [1.54, 1.807) is 12.1 Å². The van der Waals surface area contributed by atoms with Crippen molar-refractivity contribution < 1.29 is 0 Å². The summed E-state index contributed by atoms with van der Waals surface area (Å²) in [4.78, 5) is 0. The molecule has 0 aliphatic rings. The summed E-state index contributed by atoms with van der Waals surface area (Å²) in [6.07, 6.45) is 0. The Morgan fingerprint density at radius 3 is 2.71 bits per heavy atom. The highest BCUT2D eigenvalue weighted by Crippen LogP contribution is 2.11. The summed E-state index contributed by atoms with van der Waals surface area (Å²) in [5.74, 6) is 0.0711. The molecule has 0 bridgehead atoms. The van der Waals surface area contributed by atoms with E-state index in [9.17, 15) is 0 Å². The minimum Gasteiger partial charge on any atom is -0.384 e. The van der Waals surface area contributed by atoms with Gasteiger partial charge in [-0.05, 0) is 11.6 Å². The lowest BCUT2D eigenvalue weighted by atomic mass is 10.1. The molecular formula is C14H14N3. The molecule has 0 aromatic heterocycles. The molecule has 17 heavy (non-hydrogen) atoms. The van der Waals surface area contributed by atoms with Crippen LogP contribution in [0.25, 0.3) is 0 Å². The molecule has 0 heterocycles. The van der Waals surface area contributed by atoms with Crippen molar-refractivity contribution in [1.29, 1.82) is 5.41 Å². The van der Waals surface area contributed by atoms with Gasteiger partial charge in [0.2, 0.25) is 0 Å². The Balaban J connectivity index is 2.04. The summed E-state index contributed by atoms with van der Waals surface area (Å²) in [5, 5.41) is 10.6. The van der Waals surface area contributed by atoms with E-state index in [0.717, 1.165) is 12.2 Å². The Morgan fingerprint density at radius 2 is 2.00 bits per heavy atom. The molecule has 0 saturated heterocycles. The van der Waals surface area contributed by atoms with Gasteiger partial charge in [0.05, 0.1) is 0 Å². The van der Waals surface area contributed by atoms with Crippen LogP contribution in [0.5, 0.6) is 0 Å². The molecule has 1 radical (unpaired) electrons. The summed E-state index contributed by atoms with van der Waals surface area (Å²) in [7, 11) is 0. The van der Waals surface area contributed by atoms with Crippen molar-refractivity contribution in [1.82, 2.24) is 0 Å². The number of nitrogens with one attached hydrogen (secondary N) is 2. The van der Waals surface area contributed by atoms with Crippen LogP contribution in [0, 0.1) is 11.5 Å². The van der Waals surface area contributed by atoms with E-state index in [4.69, 9.17) is 11.1 Å². The Morgan fingerprint density at radius 1 is 1.24 bits per heavy atom. The van der Waals surface area contributed by atoms with E-state index in [2.05, 4.69) is 23.5 Å². The fourth-order valence-electron chi connectivity index (χ4n) is 1.53. The lowest BCUT2D eigenvalue weighted by molar-refractivity contribution is 1.15. The van der Waals surface area contributed by atoms with Crippen LogP contribution in [0.3, 0.4) is 0 Å². The second-order valence-electron chi connectivity index (χ2n) is 3.74. The van der Waals surface area contributed by atoms with E-state index in [0.29, 0.717) is 5.56 Å². The smallest absolute Gasteiger partial charge is 0.122 e. The van der Waals surface area contributed by atoms with Crippen LogP contribution in [0.15, 0.2) is 48.5 Å². The highest BCUT2D eigenvalue weighted by Gasteiger charge is 1.98. The molecule has 3 nitrogen and oxygen atoms in total. The topological polar surface area (TPSA) is 61.9 Å². The molecule has 2 rings (SSSR count). The molecule has 85 valence electrons. The maximum Gasteiger partial charge on any atom is 0.122 e. The second kappa shape index (κ2) is 5.16. The largest absolute Gasteiger partial charge is 0.384 e. The van der Waals surface area contributed by atoms with Gasteiger partial charge in [-0.25, -0.2) is 0 Å². The molecule has 0 unspecified atom stereocenters. The van der Waals surface area contributed by atoms with Crippen LogP contribution in [-0.2, 0) is 6.54 Å². The van der Waals surface area contributed by atoms with Gasteiger partial charge in [0.15, 0.2) is 0 Å². The number of benzene rings is 2. The van der Waals surface area contributed by atoms with Crippen molar-refractivity contribution in [3.05, 3.63) is 65.7 Å². The number of hydrogen-bond donors (Lipinski definition) is 3. The van der Waals surface area contributed by atoms with Crippen molar-refractivity contribution in [2.75, 3.05) is 5.32 Å². The van der Waals surface area contributed by atoms with E-state index in [1.165, 1.54) is 5.56 Å². The minimum absolute atomic E-state index is 0.0711. The van der Waals surface area contributed by atoms with Gasteiger partial charge in [0.25, 0.3) is 0 Å². The zero-order valence-corrected chi connectivity index (χ0v) is 9.40. The maximum absolute atomic E-state index is 7.36. The molecule has 0 saturated carbocycles. The molecule has 3 heteroatoms. The van der Waals surface area contributed by atoms with Crippen molar-refractivity contribution in [2.45, 2.75) is 6.54 Å². The predicted molar refractivity (Wildman–Crippen MR) is 70.1 cm³/mol. The Labute approximate surface area is 101 Å². The van der Waals surface area contributed by atoms with Gasteiger partial charge in [0, 0.05) is 23.9 Å². The molecular weight excluding hydrogens is 210 g/mol. The third-order valence-corrected chi connectivity index (χ3v) is 2.44. The number of anilines is 1. The summed E-state index contributed by atoms with van der Waals surface area (Å²) in [6, 6.07) is 18.6. The van der Waals surface area contributed by atoms with Gasteiger partial charge in [-0.2, -0.15) is 0 Å². The number of nitrogens with two attached hydrogens (primary N) is 1. The van der Waals surface area contributed by atoms with Crippen molar-refractivity contribution in [2.24, 2.45) is 5.73 Å². The average Bonchev–Trinajstić information content (AvgIpc) is 2.38. The normalized spacial score (nSPS) is 9.88. The number of hydrogen-bond acceptors (Lipinski definition) is 2. The highest BCUT2D eigenvalue weighted by atomic mass is 14.9. The van der Waals surface area contributed by atoms with Crippen LogP contribution >= 0.6 is 0 Å². The van der Waals surface area contributed by atoms with Crippen molar-refractivity contribution in [3.63, 3.8) is 0 Å². The molecule has 0 spiro atoms. The van der Waals surface area contributed by atoms with Crippen LogP contribution in [0.2, 0.25) is 0 Å². The predicted octanol–water partition coefficient (Wildman–Crippen LogP) is 2.38. The molecule has 0 aliphatic carbocycles. The van der Waals surface area contributed by atoms with Crippen LogP contribution in [0.1, 0.15) is 11.1 Å². The average molecular weight is 224 g/mol. The van der Waals surface area contributed by atoms with Gasteiger partial charge < -0.3 is 11.1 Å². The molecule has 0 aliphatic heterocycles. The van der Waals surface area contributed by atoms with Gasteiger partial charge in [-0.1, -0.05) is 42.5 Å². The van der Waals surface area contributed by atoms with Crippen molar-refractivity contribution in [3.8, 4) is 0 Å². The summed E-state index contributed by atoms with van der Waals surface area (Å²) >= 11 is 0. The van der Waals surface area contributed by atoms with E-state index in [-0.39, 0.29) is 5.84 Å². The molecule has 0 atom stereocenters. The number of nitrogen functional groups attached to an aromatic ring is 1. The van der Waals surface area contributed by atoms with E-state index in [1.807, 2.05) is 24.3 Å². The first-order valence-electron chi connectivity index (χ1n) is 5.39. The first-order valence-corrected chi connectivity index (χ1v) is 5.39. The molecule has 2 aromatic carbocycles. The monoisotopic (exact) mass is 224 g/mol.